The van der Waals surface area contributed by atoms with Crippen molar-refractivity contribution in [3.05, 3.63) is 12.2 Å². The zero-order valence-corrected chi connectivity index (χ0v) is 9.25. The molecular formula is C10H10N3O4+. The largest absolute Gasteiger partial charge is 0.475 e. The Kier molecular flexibility index (Phi) is 2.38. The lowest BCUT2D eigenvalue weighted by molar-refractivity contribution is -0.407. The molecule has 1 N–H and O–H groups in total. The lowest BCUT2D eigenvalue weighted by Gasteiger charge is -2.23. The molecule has 88 valence electrons. The van der Waals surface area contributed by atoms with Gasteiger partial charge in [0, 0.05) is 0 Å². The molecule has 2 aliphatic rings. The first-order valence-electron chi connectivity index (χ1n) is 4.85. The second-order valence-corrected chi connectivity index (χ2v) is 3.74. The molecule has 0 aliphatic carbocycles. The van der Waals surface area contributed by atoms with Gasteiger partial charge in [-0.15, -0.1) is 0 Å². The molecule has 2 heterocycles. The van der Waals surface area contributed by atoms with Gasteiger partial charge in [0.05, 0.1) is 14.1 Å². The van der Waals surface area contributed by atoms with Crippen molar-refractivity contribution in [3.8, 4) is 0 Å². The summed E-state index contributed by atoms with van der Waals surface area (Å²) in [6.45, 7) is 0. The smallest absolute Gasteiger partial charge is 0.445 e. The van der Waals surface area contributed by atoms with Gasteiger partial charge in [0.1, 0.15) is 0 Å². The number of fused-ring (bicyclic) bond motifs is 1. The average Bonchev–Trinajstić information content (AvgIpc) is 2.32. The predicted octanol–water partition coefficient (Wildman–Crippen LogP) is -0.669. The third kappa shape index (κ3) is 1.55. The normalized spacial score (nSPS) is 23.8. The molecule has 2 rings (SSSR count). The second-order valence-electron chi connectivity index (χ2n) is 3.74. The second kappa shape index (κ2) is 3.62. The highest BCUT2D eigenvalue weighted by Crippen LogP contribution is 2.17. The van der Waals surface area contributed by atoms with Gasteiger partial charge < -0.3 is 5.11 Å². The van der Waals surface area contributed by atoms with Gasteiger partial charge in [0.25, 0.3) is 5.84 Å². The van der Waals surface area contributed by atoms with Crippen LogP contribution in [0.1, 0.15) is 0 Å². The van der Waals surface area contributed by atoms with E-state index in [1.165, 1.54) is 30.8 Å². The van der Waals surface area contributed by atoms with Crippen LogP contribution in [0.2, 0.25) is 0 Å². The van der Waals surface area contributed by atoms with E-state index in [4.69, 9.17) is 5.11 Å². The highest BCUT2D eigenvalue weighted by Gasteiger charge is 2.44. The molecule has 2 aliphatic heterocycles. The number of aliphatic carboxylic acids is 1. The molecule has 7 nitrogen and oxygen atoms in total. The van der Waals surface area contributed by atoms with Crippen LogP contribution in [0.5, 0.6) is 0 Å². The molecule has 0 aromatic carbocycles. The monoisotopic (exact) mass is 236 g/mol. The van der Waals surface area contributed by atoms with E-state index in [2.05, 4.69) is 4.99 Å². The fourth-order valence-electron chi connectivity index (χ4n) is 1.73. The number of carbonyl (C=O) groups excluding carboxylic acids is 2. The maximum atomic E-state index is 11.8. The van der Waals surface area contributed by atoms with Gasteiger partial charge in [-0.1, -0.05) is 11.1 Å². The summed E-state index contributed by atoms with van der Waals surface area (Å²) >= 11 is 0. The number of carboxylic acids is 1. The van der Waals surface area contributed by atoms with Gasteiger partial charge >= 0.3 is 17.9 Å². The lowest BCUT2D eigenvalue weighted by atomic mass is 10.0. The van der Waals surface area contributed by atoms with Crippen molar-refractivity contribution in [1.82, 2.24) is 4.90 Å². The van der Waals surface area contributed by atoms with Gasteiger partial charge in [0.2, 0.25) is 5.71 Å². The highest BCUT2D eigenvalue weighted by atomic mass is 16.4. The number of carbonyl (C=O) groups is 3. The Bertz CT molecular complexity index is 530. The molecule has 0 saturated carbocycles. The molecule has 7 heteroatoms. The van der Waals surface area contributed by atoms with Crippen LogP contribution in [0.15, 0.2) is 17.1 Å². The zero-order valence-electron chi connectivity index (χ0n) is 9.25. The summed E-state index contributed by atoms with van der Waals surface area (Å²) in [5.74, 6) is -2.14. The Balaban J connectivity index is 2.56. The fourth-order valence-corrected chi connectivity index (χ4v) is 1.73. The fraction of sp³-hybridized carbons (Fsp3) is 0.300. The molecule has 0 bridgehead atoms. The standard InChI is InChI=1S/C10H9N3O4/c1-12-7-5(8(14)13(2)10(12)17)3-4-6(11-7)9(15)16/h3-5H,1-2H3/p+1. The number of aliphatic imine (C=N–C) groups is 1. The van der Waals surface area contributed by atoms with E-state index in [0.717, 1.165) is 4.90 Å². The molecule has 0 fully saturated rings. The van der Waals surface area contributed by atoms with Crippen molar-refractivity contribution >= 4 is 29.5 Å². The predicted molar refractivity (Wildman–Crippen MR) is 57.1 cm³/mol. The number of amidine groups is 1. The zero-order chi connectivity index (χ0) is 12.7. The van der Waals surface area contributed by atoms with Gasteiger partial charge in [-0.25, -0.2) is 9.59 Å². The summed E-state index contributed by atoms with van der Waals surface area (Å²) in [5.41, 5.74) is -0.187. The molecule has 0 aromatic heterocycles. The summed E-state index contributed by atoms with van der Waals surface area (Å²) < 4.78 is 1.18. The Morgan fingerprint density at radius 3 is 2.76 bits per heavy atom. The van der Waals surface area contributed by atoms with Crippen LogP contribution in [0, 0.1) is 5.92 Å². The van der Waals surface area contributed by atoms with Gasteiger partial charge in [0.15, 0.2) is 5.92 Å². The van der Waals surface area contributed by atoms with E-state index in [9.17, 15) is 14.4 Å². The third-order valence-electron chi connectivity index (χ3n) is 2.69. The first-order valence-corrected chi connectivity index (χ1v) is 4.85. The van der Waals surface area contributed by atoms with Crippen molar-refractivity contribution in [1.29, 1.82) is 0 Å². The van der Waals surface area contributed by atoms with E-state index in [1.54, 1.807) is 0 Å². The molecule has 1 unspecified atom stereocenters. The summed E-state index contributed by atoms with van der Waals surface area (Å²) in [5, 5.41) is 8.80. The average molecular weight is 236 g/mol. The van der Waals surface area contributed by atoms with Crippen LogP contribution in [-0.4, -0.2) is 58.1 Å². The summed E-state index contributed by atoms with van der Waals surface area (Å²) in [6, 6.07) is -0.523. The minimum absolute atomic E-state index is 0.151. The Hall–Kier alpha value is -2.31. The molecule has 0 saturated heterocycles. The van der Waals surface area contributed by atoms with Crippen molar-refractivity contribution < 1.29 is 24.1 Å². The molecule has 1 atom stereocenters. The van der Waals surface area contributed by atoms with E-state index in [1.807, 2.05) is 0 Å². The van der Waals surface area contributed by atoms with E-state index in [0.29, 0.717) is 0 Å². The summed E-state index contributed by atoms with van der Waals surface area (Å²) in [4.78, 5) is 39.0. The Morgan fingerprint density at radius 2 is 2.18 bits per heavy atom. The Labute approximate surface area is 96.4 Å². The number of urea groups is 1. The van der Waals surface area contributed by atoms with Gasteiger partial charge in [-0.05, 0) is 6.08 Å². The molecule has 0 spiro atoms. The van der Waals surface area contributed by atoms with Crippen LogP contribution in [-0.2, 0) is 9.59 Å². The topological polar surface area (TPSA) is 90.1 Å². The number of dihydropyridines is 1. The van der Waals surface area contributed by atoms with Crippen LogP contribution >= 0.6 is 0 Å². The number of hydrogen-bond acceptors (Lipinski definition) is 4. The minimum atomic E-state index is -1.19. The maximum absolute atomic E-state index is 11.8. The minimum Gasteiger partial charge on any atom is -0.475 e. The number of imide groups is 1. The SMILES string of the molecule is CN1C(=O)C2C=CC(C(=O)O)=NC2=[N+](C)C1=O. The maximum Gasteiger partial charge on any atom is 0.445 e. The van der Waals surface area contributed by atoms with Crippen molar-refractivity contribution in [2.75, 3.05) is 14.1 Å². The molecule has 0 aromatic rings. The van der Waals surface area contributed by atoms with Crippen molar-refractivity contribution in [3.63, 3.8) is 0 Å². The van der Waals surface area contributed by atoms with E-state index < -0.39 is 23.8 Å². The number of amides is 3. The first-order chi connectivity index (χ1) is 7.93. The van der Waals surface area contributed by atoms with Crippen LogP contribution in [0.3, 0.4) is 0 Å². The van der Waals surface area contributed by atoms with Crippen molar-refractivity contribution in [2.24, 2.45) is 10.9 Å². The molecule has 17 heavy (non-hydrogen) atoms. The van der Waals surface area contributed by atoms with E-state index in [-0.39, 0.29) is 11.5 Å². The number of hydrogen-bond donors (Lipinski definition) is 1. The van der Waals surface area contributed by atoms with Crippen LogP contribution in [0.4, 0.5) is 4.79 Å². The molecule has 0 radical (unpaired) electrons. The van der Waals surface area contributed by atoms with Crippen molar-refractivity contribution in [2.45, 2.75) is 0 Å². The van der Waals surface area contributed by atoms with Gasteiger partial charge in [-0.2, -0.15) is 9.48 Å². The number of nitrogens with zero attached hydrogens (tertiary/aromatic N) is 3. The van der Waals surface area contributed by atoms with Crippen LogP contribution in [0.25, 0.3) is 0 Å². The van der Waals surface area contributed by atoms with Crippen LogP contribution < -0.4 is 0 Å². The van der Waals surface area contributed by atoms with E-state index >= 15 is 0 Å². The summed E-state index contributed by atoms with van der Waals surface area (Å²) in [6.07, 6.45) is 2.71. The number of rotatable bonds is 1. The molecular weight excluding hydrogens is 226 g/mol. The Morgan fingerprint density at radius 1 is 1.53 bits per heavy atom. The third-order valence-corrected chi connectivity index (χ3v) is 2.69. The number of carboxylic acid groups (broad SMARTS) is 1. The quantitative estimate of drug-likeness (QED) is 0.611. The lowest BCUT2D eigenvalue weighted by Crippen LogP contribution is -2.52. The molecule has 3 amide bonds. The highest BCUT2D eigenvalue weighted by molar-refractivity contribution is 6.43. The first kappa shape index (κ1) is 11.2. The summed E-state index contributed by atoms with van der Waals surface area (Å²) in [7, 11) is 2.83. The van der Waals surface area contributed by atoms with Gasteiger partial charge in [-0.3, -0.25) is 4.79 Å².